The highest BCUT2D eigenvalue weighted by atomic mass is 16.5. The number of rotatable bonds is 2. The van der Waals surface area contributed by atoms with Crippen LogP contribution in [-0.4, -0.2) is 14.2 Å². The lowest BCUT2D eigenvalue weighted by molar-refractivity contribution is 0.358. The molecule has 1 heterocycles. The van der Waals surface area contributed by atoms with Gasteiger partial charge in [0.25, 0.3) is 0 Å². The molecule has 0 unspecified atom stereocenters. The third-order valence-corrected chi connectivity index (χ3v) is 2.11. The molecule has 0 fully saturated rings. The SMILES string of the molecule is COc1cc(N)c2occc2c1OC. The Morgan fingerprint density at radius 3 is 2.71 bits per heavy atom. The summed E-state index contributed by atoms with van der Waals surface area (Å²) < 4.78 is 15.6. The van der Waals surface area contributed by atoms with Crippen LogP contribution < -0.4 is 15.2 Å². The van der Waals surface area contributed by atoms with E-state index in [4.69, 9.17) is 19.6 Å². The van der Waals surface area contributed by atoms with Crippen LogP contribution in [0.25, 0.3) is 11.0 Å². The fraction of sp³-hybridized carbons (Fsp3) is 0.200. The van der Waals surface area contributed by atoms with Gasteiger partial charge in [0.2, 0.25) is 0 Å². The summed E-state index contributed by atoms with van der Waals surface area (Å²) in [5.74, 6) is 1.25. The van der Waals surface area contributed by atoms with Gasteiger partial charge in [0.1, 0.15) is 0 Å². The highest BCUT2D eigenvalue weighted by Crippen LogP contribution is 2.39. The number of nitrogens with two attached hydrogens (primary N) is 1. The molecule has 0 bridgehead atoms. The standard InChI is InChI=1S/C10H11NO3/c1-12-8-5-7(11)9-6(3-4-14-9)10(8)13-2/h3-5H,11H2,1-2H3. The van der Waals surface area contributed by atoms with E-state index >= 15 is 0 Å². The monoisotopic (exact) mass is 193 g/mol. The maximum Gasteiger partial charge on any atom is 0.171 e. The normalized spacial score (nSPS) is 10.4. The number of hydrogen-bond donors (Lipinski definition) is 1. The Balaban J connectivity index is 2.82. The summed E-state index contributed by atoms with van der Waals surface area (Å²) in [4.78, 5) is 0. The molecule has 0 aliphatic rings. The molecule has 0 radical (unpaired) electrons. The molecule has 0 aliphatic carbocycles. The summed E-state index contributed by atoms with van der Waals surface area (Å²) in [7, 11) is 3.16. The molecule has 1 aromatic heterocycles. The molecule has 74 valence electrons. The van der Waals surface area contributed by atoms with Crippen LogP contribution in [0, 0.1) is 0 Å². The molecule has 2 N–H and O–H groups in total. The second-order valence-electron chi connectivity index (χ2n) is 2.86. The quantitative estimate of drug-likeness (QED) is 0.741. The zero-order chi connectivity index (χ0) is 10.1. The summed E-state index contributed by atoms with van der Waals surface area (Å²) in [5, 5.41) is 0.823. The van der Waals surface area contributed by atoms with Gasteiger partial charge in [-0.2, -0.15) is 0 Å². The van der Waals surface area contributed by atoms with Gasteiger partial charge in [-0.25, -0.2) is 0 Å². The van der Waals surface area contributed by atoms with Crippen molar-refractivity contribution in [2.24, 2.45) is 0 Å². The zero-order valence-electron chi connectivity index (χ0n) is 8.03. The van der Waals surface area contributed by atoms with Crippen molar-refractivity contribution < 1.29 is 13.9 Å². The second-order valence-corrected chi connectivity index (χ2v) is 2.86. The molecule has 2 aromatic rings. The Morgan fingerprint density at radius 2 is 2.07 bits per heavy atom. The molecule has 0 atom stereocenters. The Hall–Kier alpha value is -1.84. The Bertz CT molecular complexity index is 462. The number of fused-ring (bicyclic) bond motifs is 1. The molecule has 0 saturated heterocycles. The molecule has 0 aliphatic heterocycles. The second kappa shape index (κ2) is 3.14. The average molecular weight is 193 g/mol. The smallest absolute Gasteiger partial charge is 0.171 e. The molecule has 0 spiro atoms. The highest BCUT2D eigenvalue weighted by Gasteiger charge is 2.13. The van der Waals surface area contributed by atoms with E-state index in [-0.39, 0.29) is 0 Å². The number of anilines is 1. The van der Waals surface area contributed by atoms with Gasteiger partial charge in [0.05, 0.1) is 31.6 Å². The van der Waals surface area contributed by atoms with Crippen LogP contribution in [0.3, 0.4) is 0 Å². The largest absolute Gasteiger partial charge is 0.493 e. The minimum Gasteiger partial charge on any atom is -0.493 e. The molecule has 14 heavy (non-hydrogen) atoms. The Morgan fingerprint density at radius 1 is 1.29 bits per heavy atom. The predicted molar refractivity (Wildman–Crippen MR) is 53.7 cm³/mol. The van der Waals surface area contributed by atoms with E-state index in [2.05, 4.69) is 0 Å². The van der Waals surface area contributed by atoms with Crippen LogP contribution >= 0.6 is 0 Å². The van der Waals surface area contributed by atoms with E-state index in [1.807, 2.05) is 0 Å². The molecular formula is C10H11NO3. The Kier molecular flexibility index (Phi) is 1.96. The maximum absolute atomic E-state index is 5.77. The summed E-state index contributed by atoms with van der Waals surface area (Å²) >= 11 is 0. The van der Waals surface area contributed by atoms with Crippen LogP contribution in [0.1, 0.15) is 0 Å². The van der Waals surface area contributed by atoms with Crippen molar-refractivity contribution in [3.63, 3.8) is 0 Å². The lowest BCUT2D eigenvalue weighted by atomic mass is 10.2. The summed E-state index contributed by atoms with van der Waals surface area (Å²) in [6, 6.07) is 3.48. The minimum atomic E-state index is 0.544. The van der Waals surface area contributed by atoms with E-state index in [0.29, 0.717) is 22.8 Å². The molecular weight excluding hydrogens is 182 g/mol. The number of nitrogen functional groups attached to an aromatic ring is 1. The predicted octanol–water partition coefficient (Wildman–Crippen LogP) is 2.03. The van der Waals surface area contributed by atoms with Crippen molar-refractivity contribution in [2.75, 3.05) is 20.0 Å². The maximum atomic E-state index is 5.77. The van der Waals surface area contributed by atoms with Gasteiger partial charge in [-0.3, -0.25) is 0 Å². The third kappa shape index (κ3) is 1.08. The van der Waals surface area contributed by atoms with Gasteiger partial charge < -0.3 is 19.6 Å². The number of methoxy groups -OCH3 is 2. The third-order valence-electron chi connectivity index (χ3n) is 2.11. The van der Waals surface area contributed by atoms with Gasteiger partial charge in [0, 0.05) is 6.07 Å². The van der Waals surface area contributed by atoms with E-state index in [0.717, 1.165) is 5.39 Å². The van der Waals surface area contributed by atoms with Gasteiger partial charge in [-0.05, 0) is 6.07 Å². The van der Waals surface area contributed by atoms with Crippen molar-refractivity contribution in [3.8, 4) is 11.5 Å². The first-order valence-corrected chi connectivity index (χ1v) is 4.15. The fourth-order valence-electron chi connectivity index (χ4n) is 1.48. The van der Waals surface area contributed by atoms with Gasteiger partial charge in [0.15, 0.2) is 17.1 Å². The first-order valence-electron chi connectivity index (χ1n) is 4.15. The number of benzene rings is 1. The van der Waals surface area contributed by atoms with E-state index in [1.165, 1.54) is 0 Å². The van der Waals surface area contributed by atoms with Crippen molar-refractivity contribution in [2.45, 2.75) is 0 Å². The van der Waals surface area contributed by atoms with Crippen molar-refractivity contribution >= 4 is 16.7 Å². The van der Waals surface area contributed by atoms with Gasteiger partial charge in [-0.15, -0.1) is 0 Å². The van der Waals surface area contributed by atoms with Crippen LogP contribution in [-0.2, 0) is 0 Å². The first kappa shape index (κ1) is 8.74. The summed E-state index contributed by atoms with van der Waals surface area (Å²) in [6.45, 7) is 0. The minimum absolute atomic E-state index is 0.544. The van der Waals surface area contributed by atoms with Crippen LogP contribution in [0.15, 0.2) is 22.8 Å². The molecule has 2 rings (SSSR count). The molecule has 4 nitrogen and oxygen atoms in total. The van der Waals surface area contributed by atoms with Gasteiger partial charge >= 0.3 is 0 Å². The van der Waals surface area contributed by atoms with E-state index in [9.17, 15) is 0 Å². The van der Waals surface area contributed by atoms with Crippen molar-refractivity contribution in [3.05, 3.63) is 18.4 Å². The van der Waals surface area contributed by atoms with E-state index in [1.54, 1.807) is 32.6 Å². The lowest BCUT2D eigenvalue weighted by Gasteiger charge is -2.09. The highest BCUT2D eigenvalue weighted by molar-refractivity contribution is 5.95. The van der Waals surface area contributed by atoms with Crippen LogP contribution in [0.4, 0.5) is 5.69 Å². The zero-order valence-corrected chi connectivity index (χ0v) is 8.03. The molecule has 1 aromatic carbocycles. The van der Waals surface area contributed by atoms with Gasteiger partial charge in [-0.1, -0.05) is 0 Å². The fourth-order valence-corrected chi connectivity index (χ4v) is 1.48. The Labute approximate surface area is 81.2 Å². The van der Waals surface area contributed by atoms with Crippen molar-refractivity contribution in [1.29, 1.82) is 0 Å². The average Bonchev–Trinajstić information content (AvgIpc) is 2.66. The van der Waals surface area contributed by atoms with Crippen LogP contribution in [0.2, 0.25) is 0 Å². The molecule has 0 saturated carbocycles. The van der Waals surface area contributed by atoms with Crippen molar-refractivity contribution in [1.82, 2.24) is 0 Å². The molecule has 4 heteroatoms. The molecule has 0 amide bonds. The van der Waals surface area contributed by atoms with E-state index < -0.39 is 0 Å². The topological polar surface area (TPSA) is 57.6 Å². The number of hydrogen-bond acceptors (Lipinski definition) is 4. The number of furan rings is 1. The summed E-state index contributed by atoms with van der Waals surface area (Å²) in [6.07, 6.45) is 1.57. The summed E-state index contributed by atoms with van der Waals surface area (Å²) in [5.41, 5.74) is 6.94. The first-order chi connectivity index (χ1) is 6.77. The lowest BCUT2D eigenvalue weighted by Crippen LogP contribution is -1.93. The van der Waals surface area contributed by atoms with Crippen LogP contribution in [0.5, 0.6) is 11.5 Å². The number of ether oxygens (including phenoxy) is 2.